The molecule has 23 heavy (non-hydrogen) atoms. The van der Waals surface area contributed by atoms with Gasteiger partial charge >= 0.3 is 0 Å². The molecule has 1 N–H and O–H groups in total. The van der Waals surface area contributed by atoms with Crippen molar-refractivity contribution in [3.8, 4) is 5.75 Å². The van der Waals surface area contributed by atoms with Crippen LogP contribution < -0.4 is 10.1 Å². The van der Waals surface area contributed by atoms with Crippen molar-refractivity contribution in [3.05, 3.63) is 64.2 Å². The summed E-state index contributed by atoms with van der Waals surface area (Å²) in [6, 6.07) is 11.9. The van der Waals surface area contributed by atoms with Crippen LogP contribution in [-0.4, -0.2) is 13.0 Å². The monoisotopic (exact) mass is 311 g/mol. The van der Waals surface area contributed by atoms with Crippen LogP contribution in [0, 0.1) is 20.8 Å². The van der Waals surface area contributed by atoms with Crippen LogP contribution in [0.15, 0.2) is 36.4 Å². The molecule has 3 nitrogen and oxygen atoms in total. The third kappa shape index (κ3) is 3.92. The van der Waals surface area contributed by atoms with Crippen molar-refractivity contribution in [1.29, 1.82) is 0 Å². The second kappa shape index (κ2) is 7.32. The van der Waals surface area contributed by atoms with Gasteiger partial charge in [-0.1, -0.05) is 25.1 Å². The van der Waals surface area contributed by atoms with Gasteiger partial charge in [-0.25, -0.2) is 0 Å². The number of methoxy groups -OCH3 is 1. The maximum absolute atomic E-state index is 12.5. The Hall–Kier alpha value is -2.29. The van der Waals surface area contributed by atoms with Crippen LogP contribution in [0.2, 0.25) is 0 Å². The maximum Gasteiger partial charge on any atom is 0.251 e. The van der Waals surface area contributed by atoms with Crippen LogP contribution in [0.1, 0.15) is 52.0 Å². The van der Waals surface area contributed by atoms with Crippen LogP contribution in [0.4, 0.5) is 0 Å². The molecule has 0 bridgehead atoms. The topological polar surface area (TPSA) is 38.3 Å². The number of hydrogen-bond donors (Lipinski definition) is 1. The van der Waals surface area contributed by atoms with Gasteiger partial charge in [0.1, 0.15) is 5.75 Å². The van der Waals surface area contributed by atoms with E-state index in [0.717, 1.165) is 23.3 Å². The van der Waals surface area contributed by atoms with Crippen molar-refractivity contribution in [2.75, 3.05) is 7.11 Å². The van der Waals surface area contributed by atoms with Gasteiger partial charge in [-0.2, -0.15) is 0 Å². The quantitative estimate of drug-likeness (QED) is 0.883. The Morgan fingerprint density at radius 2 is 1.78 bits per heavy atom. The molecule has 0 radical (unpaired) electrons. The SMILES string of the molecule is CC[C@H](NC(=O)c1ccc(OC)c(C)c1)c1ccc(C)c(C)c1. The van der Waals surface area contributed by atoms with Crippen LogP contribution in [-0.2, 0) is 0 Å². The highest BCUT2D eigenvalue weighted by atomic mass is 16.5. The minimum absolute atomic E-state index is 0.0178. The Bertz CT molecular complexity index is 707. The van der Waals surface area contributed by atoms with Crippen molar-refractivity contribution >= 4 is 5.91 Å². The molecule has 0 unspecified atom stereocenters. The summed E-state index contributed by atoms with van der Waals surface area (Å²) in [7, 11) is 1.63. The molecule has 0 aliphatic rings. The van der Waals surface area contributed by atoms with Gasteiger partial charge in [0.05, 0.1) is 13.2 Å². The first kappa shape index (κ1) is 17.1. The zero-order valence-electron chi connectivity index (χ0n) is 14.6. The van der Waals surface area contributed by atoms with E-state index in [-0.39, 0.29) is 11.9 Å². The number of hydrogen-bond acceptors (Lipinski definition) is 2. The summed E-state index contributed by atoms with van der Waals surface area (Å²) in [4.78, 5) is 12.5. The Labute approximate surface area is 138 Å². The van der Waals surface area contributed by atoms with Gasteiger partial charge in [0, 0.05) is 5.56 Å². The average molecular weight is 311 g/mol. The zero-order chi connectivity index (χ0) is 17.0. The number of benzene rings is 2. The molecule has 0 aliphatic carbocycles. The molecule has 2 aromatic rings. The Kier molecular flexibility index (Phi) is 5.43. The first-order chi connectivity index (χ1) is 11.0. The molecule has 0 saturated carbocycles. The predicted molar refractivity (Wildman–Crippen MR) is 94.1 cm³/mol. The standard InChI is InChI=1S/C20H25NO2/c1-6-18(16-8-7-13(2)14(3)11-16)21-20(22)17-9-10-19(23-5)15(4)12-17/h7-12,18H,6H2,1-5H3,(H,21,22)/t18-/m0/s1. The van der Waals surface area contributed by atoms with E-state index in [2.05, 4.69) is 44.3 Å². The van der Waals surface area contributed by atoms with Gasteiger partial charge in [0.15, 0.2) is 0 Å². The molecule has 2 rings (SSSR count). The molecule has 0 saturated heterocycles. The molecule has 0 aromatic heterocycles. The molecule has 3 heteroatoms. The minimum Gasteiger partial charge on any atom is -0.496 e. The fourth-order valence-electron chi connectivity index (χ4n) is 2.66. The lowest BCUT2D eigenvalue weighted by molar-refractivity contribution is 0.0935. The minimum atomic E-state index is -0.0548. The second-order valence-corrected chi connectivity index (χ2v) is 5.96. The number of amides is 1. The number of rotatable bonds is 5. The van der Waals surface area contributed by atoms with Gasteiger partial charge in [-0.05, 0) is 67.6 Å². The van der Waals surface area contributed by atoms with Crippen LogP contribution >= 0.6 is 0 Å². The van der Waals surface area contributed by atoms with E-state index in [1.54, 1.807) is 13.2 Å². The number of carbonyl (C=O) groups is 1. The molecule has 1 amide bonds. The second-order valence-electron chi connectivity index (χ2n) is 5.96. The molecule has 0 heterocycles. The summed E-state index contributed by atoms with van der Waals surface area (Å²) in [5.74, 6) is 0.739. The first-order valence-electron chi connectivity index (χ1n) is 7.99. The van der Waals surface area contributed by atoms with Crippen molar-refractivity contribution in [1.82, 2.24) is 5.32 Å². The summed E-state index contributed by atoms with van der Waals surface area (Å²) < 4.78 is 5.24. The Morgan fingerprint density at radius 1 is 1.04 bits per heavy atom. The van der Waals surface area contributed by atoms with Crippen LogP contribution in [0.5, 0.6) is 5.75 Å². The van der Waals surface area contributed by atoms with E-state index in [9.17, 15) is 4.79 Å². The Balaban J connectivity index is 2.19. The number of nitrogens with one attached hydrogen (secondary N) is 1. The normalized spacial score (nSPS) is 11.9. The fraction of sp³-hybridized carbons (Fsp3) is 0.350. The van der Waals surface area contributed by atoms with Crippen molar-refractivity contribution in [2.45, 2.75) is 40.2 Å². The average Bonchev–Trinajstić information content (AvgIpc) is 2.55. The molecular formula is C20H25NO2. The van der Waals surface area contributed by atoms with Crippen molar-refractivity contribution in [2.24, 2.45) is 0 Å². The smallest absolute Gasteiger partial charge is 0.251 e. The molecule has 0 fully saturated rings. The van der Waals surface area contributed by atoms with Gasteiger partial charge in [-0.3, -0.25) is 4.79 Å². The predicted octanol–water partition coefficient (Wildman–Crippen LogP) is 4.50. The van der Waals surface area contributed by atoms with Crippen molar-refractivity contribution in [3.63, 3.8) is 0 Å². The molecule has 1 atom stereocenters. The highest BCUT2D eigenvalue weighted by molar-refractivity contribution is 5.94. The van der Waals surface area contributed by atoms with Crippen LogP contribution in [0.3, 0.4) is 0 Å². The van der Waals surface area contributed by atoms with Gasteiger partial charge in [0.25, 0.3) is 5.91 Å². The molecule has 0 aliphatic heterocycles. The largest absolute Gasteiger partial charge is 0.496 e. The highest BCUT2D eigenvalue weighted by Crippen LogP contribution is 2.22. The summed E-state index contributed by atoms with van der Waals surface area (Å²) in [5.41, 5.74) is 5.27. The highest BCUT2D eigenvalue weighted by Gasteiger charge is 2.15. The van der Waals surface area contributed by atoms with Gasteiger partial charge in [-0.15, -0.1) is 0 Å². The lowest BCUT2D eigenvalue weighted by Gasteiger charge is -2.19. The van der Waals surface area contributed by atoms with E-state index < -0.39 is 0 Å². The van der Waals surface area contributed by atoms with Crippen LogP contribution in [0.25, 0.3) is 0 Å². The lowest BCUT2D eigenvalue weighted by Crippen LogP contribution is -2.28. The number of aryl methyl sites for hydroxylation is 3. The van der Waals surface area contributed by atoms with E-state index in [4.69, 9.17) is 4.74 Å². The zero-order valence-corrected chi connectivity index (χ0v) is 14.6. The molecule has 0 spiro atoms. The van der Waals surface area contributed by atoms with E-state index in [1.807, 2.05) is 19.1 Å². The number of ether oxygens (including phenoxy) is 1. The maximum atomic E-state index is 12.5. The molecule has 122 valence electrons. The molecular weight excluding hydrogens is 286 g/mol. The van der Waals surface area contributed by atoms with Gasteiger partial charge < -0.3 is 10.1 Å². The van der Waals surface area contributed by atoms with E-state index in [1.165, 1.54) is 11.1 Å². The molecule has 2 aromatic carbocycles. The lowest BCUT2D eigenvalue weighted by atomic mass is 9.99. The third-order valence-electron chi connectivity index (χ3n) is 4.30. The van der Waals surface area contributed by atoms with Gasteiger partial charge in [0.2, 0.25) is 0 Å². The van der Waals surface area contributed by atoms with Crippen molar-refractivity contribution < 1.29 is 9.53 Å². The van der Waals surface area contributed by atoms with E-state index in [0.29, 0.717) is 5.56 Å². The summed E-state index contributed by atoms with van der Waals surface area (Å²) in [5, 5.41) is 3.13. The summed E-state index contributed by atoms with van der Waals surface area (Å²) in [6.07, 6.45) is 0.851. The summed E-state index contributed by atoms with van der Waals surface area (Å²) >= 11 is 0. The summed E-state index contributed by atoms with van der Waals surface area (Å²) in [6.45, 7) is 8.22. The first-order valence-corrected chi connectivity index (χ1v) is 7.99. The Morgan fingerprint density at radius 3 is 2.35 bits per heavy atom. The fourth-order valence-corrected chi connectivity index (χ4v) is 2.66. The number of carbonyl (C=O) groups excluding carboxylic acids is 1. The third-order valence-corrected chi connectivity index (χ3v) is 4.30. The van der Waals surface area contributed by atoms with E-state index >= 15 is 0 Å².